The van der Waals surface area contributed by atoms with Gasteiger partial charge in [0, 0.05) is 18.2 Å². The molecule has 1 aromatic heterocycles. The SMILES string of the molecule is CN(C)Cc1ccc2cccc(NS(=O)(=O)c3ccc(S(C)(=O)=O)cc3)c2n1. The average molecular weight is 420 g/mol. The summed E-state index contributed by atoms with van der Waals surface area (Å²) in [5.41, 5.74) is 1.74. The van der Waals surface area contributed by atoms with Crippen molar-refractivity contribution < 1.29 is 16.8 Å². The van der Waals surface area contributed by atoms with Crippen LogP contribution in [0.5, 0.6) is 0 Å². The van der Waals surface area contributed by atoms with Crippen molar-refractivity contribution in [2.75, 3.05) is 25.1 Å². The summed E-state index contributed by atoms with van der Waals surface area (Å²) in [5, 5.41) is 0.815. The molecule has 148 valence electrons. The number of aromatic nitrogens is 1. The minimum atomic E-state index is -3.90. The van der Waals surface area contributed by atoms with Crippen LogP contribution in [0.3, 0.4) is 0 Å². The summed E-state index contributed by atoms with van der Waals surface area (Å²) in [6.07, 6.45) is 1.07. The lowest BCUT2D eigenvalue weighted by molar-refractivity contribution is 0.397. The molecule has 3 rings (SSSR count). The van der Waals surface area contributed by atoms with Crippen molar-refractivity contribution in [2.24, 2.45) is 0 Å². The predicted octanol–water partition coefficient (Wildman–Crippen LogP) is 2.50. The van der Waals surface area contributed by atoms with Crippen molar-refractivity contribution in [3.8, 4) is 0 Å². The number of rotatable bonds is 6. The first kappa shape index (κ1) is 20.2. The third-order valence-corrected chi connectivity index (χ3v) is 6.57. The van der Waals surface area contributed by atoms with Crippen LogP contribution in [0.2, 0.25) is 0 Å². The molecule has 0 saturated carbocycles. The highest BCUT2D eigenvalue weighted by Crippen LogP contribution is 2.25. The average Bonchev–Trinajstić information content (AvgIpc) is 2.61. The van der Waals surface area contributed by atoms with Gasteiger partial charge in [0.15, 0.2) is 9.84 Å². The van der Waals surface area contributed by atoms with Gasteiger partial charge in [0.1, 0.15) is 0 Å². The predicted molar refractivity (Wildman–Crippen MR) is 109 cm³/mol. The molecule has 0 fully saturated rings. The summed E-state index contributed by atoms with van der Waals surface area (Å²) in [6.45, 7) is 0.629. The van der Waals surface area contributed by atoms with Gasteiger partial charge in [-0.05, 0) is 50.5 Å². The van der Waals surface area contributed by atoms with Gasteiger partial charge in [0.2, 0.25) is 0 Å². The van der Waals surface area contributed by atoms with Crippen LogP contribution in [0.25, 0.3) is 10.9 Å². The normalized spacial score (nSPS) is 12.4. The van der Waals surface area contributed by atoms with E-state index in [0.717, 1.165) is 17.3 Å². The van der Waals surface area contributed by atoms with Crippen LogP contribution in [0.15, 0.2) is 64.4 Å². The van der Waals surface area contributed by atoms with E-state index in [0.29, 0.717) is 17.7 Å². The number of sulfone groups is 1. The lowest BCUT2D eigenvalue weighted by Crippen LogP contribution is -2.14. The highest BCUT2D eigenvalue weighted by atomic mass is 32.2. The molecule has 1 N–H and O–H groups in total. The first-order chi connectivity index (χ1) is 13.1. The van der Waals surface area contributed by atoms with Crippen LogP contribution in [-0.2, 0) is 26.4 Å². The Kier molecular flexibility index (Phi) is 5.42. The zero-order valence-corrected chi connectivity index (χ0v) is 17.4. The van der Waals surface area contributed by atoms with Gasteiger partial charge in [-0.2, -0.15) is 0 Å². The zero-order valence-electron chi connectivity index (χ0n) is 15.7. The van der Waals surface area contributed by atoms with Gasteiger partial charge in [-0.15, -0.1) is 0 Å². The summed E-state index contributed by atoms with van der Waals surface area (Å²) >= 11 is 0. The van der Waals surface area contributed by atoms with Crippen LogP contribution < -0.4 is 4.72 Å². The Balaban J connectivity index is 1.98. The number of sulfonamides is 1. The van der Waals surface area contributed by atoms with Gasteiger partial charge in [-0.1, -0.05) is 18.2 Å². The molecule has 1 heterocycles. The second kappa shape index (κ2) is 7.50. The Bertz CT molecular complexity index is 1220. The number of anilines is 1. The molecule has 0 aliphatic carbocycles. The van der Waals surface area contributed by atoms with Gasteiger partial charge in [-0.25, -0.2) is 21.8 Å². The van der Waals surface area contributed by atoms with Crippen molar-refractivity contribution in [1.82, 2.24) is 9.88 Å². The minimum absolute atomic E-state index is 0.0265. The molecule has 0 spiro atoms. The van der Waals surface area contributed by atoms with Crippen molar-refractivity contribution in [3.63, 3.8) is 0 Å². The Morgan fingerprint density at radius 3 is 2.14 bits per heavy atom. The fraction of sp³-hybridized carbons (Fsp3) is 0.211. The minimum Gasteiger partial charge on any atom is -0.304 e. The monoisotopic (exact) mass is 419 g/mol. The summed E-state index contributed by atoms with van der Waals surface area (Å²) < 4.78 is 51.2. The third-order valence-electron chi connectivity index (χ3n) is 4.06. The second-order valence-corrected chi connectivity index (χ2v) is 10.5. The Morgan fingerprint density at radius 2 is 1.54 bits per heavy atom. The largest absolute Gasteiger partial charge is 0.304 e. The molecule has 7 nitrogen and oxygen atoms in total. The van der Waals surface area contributed by atoms with E-state index >= 15 is 0 Å². The van der Waals surface area contributed by atoms with E-state index in [1.807, 2.05) is 37.2 Å². The number of para-hydroxylation sites is 1. The standard InChI is InChI=1S/C19H21N3O4S2/c1-22(2)13-15-8-7-14-5-4-6-18(19(14)20-15)21-28(25,26)17-11-9-16(10-12-17)27(3,23)24/h4-12,21H,13H2,1-3H3. The summed E-state index contributed by atoms with van der Waals surface area (Å²) in [6, 6.07) is 14.2. The molecule has 28 heavy (non-hydrogen) atoms. The van der Waals surface area contributed by atoms with Gasteiger partial charge in [0.25, 0.3) is 10.0 Å². The molecule has 3 aromatic rings. The maximum atomic E-state index is 12.8. The van der Waals surface area contributed by atoms with Crippen LogP contribution in [0, 0.1) is 0 Å². The molecule has 2 aromatic carbocycles. The van der Waals surface area contributed by atoms with Crippen molar-refractivity contribution in [1.29, 1.82) is 0 Å². The topological polar surface area (TPSA) is 96.4 Å². The molecule has 9 heteroatoms. The molecular formula is C19H21N3O4S2. The van der Waals surface area contributed by atoms with Gasteiger partial charge >= 0.3 is 0 Å². The first-order valence-electron chi connectivity index (χ1n) is 8.42. The molecule has 0 bridgehead atoms. The lowest BCUT2D eigenvalue weighted by atomic mass is 10.2. The van der Waals surface area contributed by atoms with Crippen molar-refractivity contribution in [3.05, 3.63) is 60.3 Å². The summed E-state index contributed by atoms with van der Waals surface area (Å²) in [7, 11) is -3.43. The maximum absolute atomic E-state index is 12.8. The fourth-order valence-electron chi connectivity index (χ4n) is 2.75. The molecular weight excluding hydrogens is 398 g/mol. The van der Waals surface area contributed by atoms with Crippen LogP contribution in [0.4, 0.5) is 5.69 Å². The van der Waals surface area contributed by atoms with E-state index in [-0.39, 0.29) is 9.79 Å². The molecule has 0 aliphatic rings. The van der Waals surface area contributed by atoms with Crippen LogP contribution in [-0.4, -0.2) is 47.1 Å². The van der Waals surface area contributed by atoms with Crippen molar-refractivity contribution in [2.45, 2.75) is 16.3 Å². The second-order valence-electron chi connectivity index (χ2n) is 6.77. The number of hydrogen-bond donors (Lipinski definition) is 1. The number of nitrogens with one attached hydrogen (secondary N) is 1. The van der Waals surface area contributed by atoms with Crippen LogP contribution >= 0.6 is 0 Å². The van der Waals surface area contributed by atoms with Crippen LogP contribution in [0.1, 0.15) is 5.69 Å². The molecule has 0 radical (unpaired) electrons. The quantitative estimate of drug-likeness (QED) is 0.659. The molecule has 0 atom stereocenters. The number of pyridine rings is 1. The highest BCUT2D eigenvalue weighted by molar-refractivity contribution is 7.92. The Labute approximate surface area is 165 Å². The highest BCUT2D eigenvalue weighted by Gasteiger charge is 2.17. The fourth-order valence-corrected chi connectivity index (χ4v) is 4.45. The summed E-state index contributed by atoms with van der Waals surface area (Å²) in [5.74, 6) is 0. The molecule has 0 amide bonds. The Morgan fingerprint density at radius 1 is 0.893 bits per heavy atom. The summed E-state index contributed by atoms with van der Waals surface area (Å²) in [4.78, 5) is 6.60. The number of nitrogens with zero attached hydrogens (tertiary/aromatic N) is 2. The third kappa shape index (κ3) is 4.49. The molecule has 0 aliphatic heterocycles. The van der Waals surface area contributed by atoms with E-state index in [1.165, 1.54) is 24.3 Å². The van der Waals surface area contributed by atoms with E-state index < -0.39 is 19.9 Å². The molecule has 0 unspecified atom stereocenters. The van der Waals surface area contributed by atoms with E-state index in [2.05, 4.69) is 9.71 Å². The van der Waals surface area contributed by atoms with Gasteiger partial charge in [-0.3, -0.25) is 4.72 Å². The smallest absolute Gasteiger partial charge is 0.261 e. The lowest BCUT2D eigenvalue weighted by Gasteiger charge is -2.13. The van der Waals surface area contributed by atoms with Gasteiger partial charge in [0.05, 0.1) is 26.7 Å². The number of benzene rings is 2. The van der Waals surface area contributed by atoms with E-state index in [1.54, 1.807) is 12.1 Å². The zero-order chi connectivity index (χ0) is 20.5. The number of hydrogen-bond acceptors (Lipinski definition) is 6. The van der Waals surface area contributed by atoms with E-state index in [4.69, 9.17) is 0 Å². The molecule has 0 saturated heterocycles. The van der Waals surface area contributed by atoms with Crippen molar-refractivity contribution >= 4 is 36.5 Å². The first-order valence-corrected chi connectivity index (χ1v) is 11.8. The number of fused-ring (bicyclic) bond motifs is 1. The Hall–Kier alpha value is -2.49. The van der Waals surface area contributed by atoms with Gasteiger partial charge < -0.3 is 4.90 Å². The maximum Gasteiger partial charge on any atom is 0.261 e. The van der Waals surface area contributed by atoms with E-state index in [9.17, 15) is 16.8 Å².